The summed E-state index contributed by atoms with van der Waals surface area (Å²) in [7, 11) is 0. The van der Waals surface area contributed by atoms with Gasteiger partial charge in [0.1, 0.15) is 0 Å². The van der Waals surface area contributed by atoms with Crippen LogP contribution in [-0.2, 0) is 4.79 Å². The molecule has 0 radical (unpaired) electrons. The molecule has 0 aromatic carbocycles. The Kier molecular flexibility index (Phi) is 7.54. The summed E-state index contributed by atoms with van der Waals surface area (Å²) in [6.45, 7) is 5.94. The molecule has 0 heterocycles. The van der Waals surface area contributed by atoms with Crippen molar-refractivity contribution in [1.29, 1.82) is 0 Å². The van der Waals surface area contributed by atoms with Gasteiger partial charge in [-0.1, -0.05) is 40.0 Å². The average Bonchev–Trinajstić information content (AvgIpc) is 2.44. The first-order valence-electron chi connectivity index (χ1n) is 8.22. The Morgan fingerprint density at radius 2 is 1.76 bits per heavy atom. The van der Waals surface area contributed by atoms with Crippen molar-refractivity contribution in [2.75, 3.05) is 0 Å². The van der Waals surface area contributed by atoms with Gasteiger partial charge in [0.05, 0.1) is 6.42 Å². The van der Waals surface area contributed by atoms with E-state index in [1.807, 2.05) is 13.8 Å². The topological polar surface area (TPSA) is 78.4 Å². The Hall–Kier alpha value is -1.26. The third kappa shape index (κ3) is 6.36. The molecule has 0 aromatic rings. The smallest absolute Gasteiger partial charge is 0.315 e. The summed E-state index contributed by atoms with van der Waals surface area (Å²) in [5.41, 5.74) is 0. The molecule has 0 aliphatic heterocycles. The molecule has 5 heteroatoms. The van der Waals surface area contributed by atoms with Crippen LogP contribution in [0.2, 0.25) is 0 Å². The summed E-state index contributed by atoms with van der Waals surface area (Å²) in [4.78, 5) is 23.0. The monoisotopic (exact) mass is 298 g/mol. The van der Waals surface area contributed by atoms with E-state index in [0.29, 0.717) is 5.92 Å². The highest BCUT2D eigenvalue weighted by Gasteiger charge is 2.25. The number of carboxylic acid groups (broad SMARTS) is 1. The van der Waals surface area contributed by atoms with Gasteiger partial charge in [0.2, 0.25) is 0 Å². The number of carboxylic acids is 1. The standard InChI is InChI=1S/C16H30N2O3/c1-4-13(12-8-6-5-7-9-12)17-16(21)18-14(11(2)3)10-15(19)20/h11-14H,4-10H2,1-3H3,(H,19,20)(H2,17,18,21). The zero-order valence-corrected chi connectivity index (χ0v) is 13.5. The first kappa shape index (κ1) is 17.8. The maximum atomic E-state index is 12.1. The number of nitrogens with one attached hydrogen (secondary N) is 2. The number of amides is 2. The lowest BCUT2D eigenvalue weighted by Crippen LogP contribution is -2.50. The van der Waals surface area contributed by atoms with E-state index < -0.39 is 5.97 Å². The van der Waals surface area contributed by atoms with Crippen molar-refractivity contribution < 1.29 is 14.7 Å². The van der Waals surface area contributed by atoms with Crippen molar-refractivity contribution in [3.63, 3.8) is 0 Å². The lowest BCUT2D eigenvalue weighted by Gasteiger charge is -2.31. The van der Waals surface area contributed by atoms with E-state index in [1.165, 1.54) is 32.1 Å². The Morgan fingerprint density at radius 1 is 1.14 bits per heavy atom. The van der Waals surface area contributed by atoms with Gasteiger partial charge in [0.15, 0.2) is 0 Å². The number of urea groups is 1. The summed E-state index contributed by atoms with van der Waals surface area (Å²) < 4.78 is 0. The van der Waals surface area contributed by atoms with Crippen molar-refractivity contribution in [2.45, 2.75) is 77.8 Å². The second-order valence-electron chi connectivity index (χ2n) is 6.48. The van der Waals surface area contributed by atoms with Crippen LogP contribution in [0.25, 0.3) is 0 Å². The maximum Gasteiger partial charge on any atom is 0.315 e. The molecule has 3 N–H and O–H groups in total. The first-order chi connectivity index (χ1) is 9.93. The second kappa shape index (κ2) is 8.90. The molecule has 0 spiro atoms. The van der Waals surface area contributed by atoms with E-state index in [-0.39, 0.29) is 30.5 Å². The molecule has 21 heavy (non-hydrogen) atoms. The predicted octanol–water partition coefficient (Wildman–Crippen LogP) is 3.14. The highest BCUT2D eigenvalue weighted by molar-refractivity contribution is 5.76. The van der Waals surface area contributed by atoms with Crippen LogP contribution in [0.1, 0.15) is 65.7 Å². The quantitative estimate of drug-likeness (QED) is 0.675. The molecule has 0 bridgehead atoms. The van der Waals surface area contributed by atoms with Gasteiger partial charge < -0.3 is 15.7 Å². The largest absolute Gasteiger partial charge is 0.481 e. The van der Waals surface area contributed by atoms with E-state index in [9.17, 15) is 9.59 Å². The van der Waals surface area contributed by atoms with Crippen molar-refractivity contribution in [1.82, 2.24) is 10.6 Å². The number of hydrogen-bond acceptors (Lipinski definition) is 2. The second-order valence-corrected chi connectivity index (χ2v) is 6.48. The molecule has 1 aliphatic carbocycles. The van der Waals surface area contributed by atoms with Crippen LogP contribution in [0.15, 0.2) is 0 Å². The summed E-state index contributed by atoms with van der Waals surface area (Å²) >= 11 is 0. The Balaban J connectivity index is 2.50. The van der Waals surface area contributed by atoms with Crippen molar-refractivity contribution >= 4 is 12.0 Å². The molecule has 0 saturated heterocycles. The molecule has 5 nitrogen and oxygen atoms in total. The maximum absolute atomic E-state index is 12.1. The summed E-state index contributed by atoms with van der Waals surface area (Å²) in [5, 5.41) is 14.8. The number of carbonyl (C=O) groups is 2. The van der Waals surface area contributed by atoms with Gasteiger partial charge in [-0.05, 0) is 31.1 Å². The SMILES string of the molecule is CCC(NC(=O)NC(CC(=O)O)C(C)C)C1CCCCC1. The van der Waals surface area contributed by atoms with E-state index in [4.69, 9.17) is 5.11 Å². The molecule has 1 aliphatic rings. The number of rotatable bonds is 7. The molecular weight excluding hydrogens is 268 g/mol. The van der Waals surface area contributed by atoms with Gasteiger partial charge in [-0.2, -0.15) is 0 Å². The zero-order valence-electron chi connectivity index (χ0n) is 13.5. The first-order valence-corrected chi connectivity index (χ1v) is 8.22. The number of aliphatic carboxylic acids is 1. The normalized spacial score (nSPS) is 19.0. The van der Waals surface area contributed by atoms with Gasteiger partial charge in [0.25, 0.3) is 0 Å². The number of carbonyl (C=O) groups excluding carboxylic acids is 1. The van der Waals surface area contributed by atoms with Gasteiger partial charge in [-0.15, -0.1) is 0 Å². The molecule has 2 amide bonds. The van der Waals surface area contributed by atoms with Crippen LogP contribution >= 0.6 is 0 Å². The van der Waals surface area contributed by atoms with Crippen molar-refractivity contribution in [3.8, 4) is 0 Å². The zero-order chi connectivity index (χ0) is 15.8. The Bertz CT molecular complexity index is 338. The fourth-order valence-corrected chi connectivity index (χ4v) is 3.11. The molecular formula is C16H30N2O3. The van der Waals surface area contributed by atoms with Crippen LogP contribution in [-0.4, -0.2) is 29.2 Å². The van der Waals surface area contributed by atoms with E-state index in [2.05, 4.69) is 17.6 Å². The van der Waals surface area contributed by atoms with Crippen LogP contribution in [0.4, 0.5) is 4.79 Å². The highest BCUT2D eigenvalue weighted by atomic mass is 16.4. The minimum absolute atomic E-state index is 0.0364. The molecule has 122 valence electrons. The molecule has 2 unspecified atom stereocenters. The van der Waals surface area contributed by atoms with Gasteiger partial charge >= 0.3 is 12.0 Å². The summed E-state index contributed by atoms with van der Waals surface area (Å²) in [6.07, 6.45) is 7.04. The Labute approximate surface area is 127 Å². The van der Waals surface area contributed by atoms with Crippen molar-refractivity contribution in [2.24, 2.45) is 11.8 Å². The third-order valence-corrected chi connectivity index (χ3v) is 4.49. The molecule has 1 saturated carbocycles. The van der Waals surface area contributed by atoms with Crippen LogP contribution < -0.4 is 10.6 Å². The highest BCUT2D eigenvalue weighted by Crippen LogP contribution is 2.27. The molecule has 0 aromatic heterocycles. The van der Waals surface area contributed by atoms with Gasteiger partial charge in [-0.3, -0.25) is 4.79 Å². The minimum atomic E-state index is -0.881. The van der Waals surface area contributed by atoms with Gasteiger partial charge in [-0.25, -0.2) is 4.79 Å². The average molecular weight is 298 g/mol. The molecule has 1 fully saturated rings. The summed E-state index contributed by atoms with van der Waals surface area (Å²) in [6, 6.07) is -0.360. The number of hydrogen-bond donors (Lipinski definition) is 3. The molecule has 2 atom stereocenters. The van der Waals surface area contributed by atoms with Crippen molar-refractivity contribution in [3.05, 3.63) is 0 Å². The van der Waals surface area contributed by atoms with Gasteiger partial charge in [0, 0.05) is 12.1 Å². The van der Waals surface area contributed by atoms with E-state index >= 15 is 0 Å². The summed E-state index contributed by atoms with van der Waals surface area (Å²) in [5.74, 6) is -0.221. The molecule has 1 rings (SSSR count). The fraction of sp³-hybridized carbons (Fsp3) is 0.875. The van der Waals surface area contributed by atoms with Crippen LogP contribution in [0.5, 0.6) is 0 Å². The predicted molar refractivity (Wildman–Crippen MR) is 83.2 cm³/mol. The lowest BCUT2D eigenvalue weighted by molar-refractivity contribution is -0.137. The van der Waals surface area contributed by atoms with E-state index in [1.54, 1.807) is 0 Å². The minimum Gasteiger partial charge on any atom is -0.481 e. The van der Waals surface area contributed by atoms with Crippen LogP contribution in [0, 0.1) is 11.8 Å². The fourth-order valence-electron chi connectivity index (χ4n) is 3.11. The van der Waals surface area contributed by atoms with Crippen LogP contribution in [0.3, 0.4) is 0 Å². The van der Waals surface area contributed by atoms with E-state index in [0.717, 1.165) is 6.42 Å². The third-order valence-electron chi connectivity index (χ3n) is 4.49. The lowest BCUT2D eigenvalue weighted by atomic mass is 9.83. The Morgan fingerprint density at radius 3 is 2.24 bits per heavy atom.